The molecule has 0 aromatic carbocycles. The first-order valence-electron chi connectivity index (χ1n) is 8.41. The third kappa shape index (κ3) is 3.64. The lowest BCUT2D eigenvalue weighted by molar-refractivity contribution is -0.385. The van der Waals surface area contributed by atoms with Gasteiger partial charge in [0.05, 0.1) is 11.1 Å². The molecule has 0 N–H and O–H groups in total. The molecular weight excluding hydrogens is 312 g/mol. The lowest BCUT2D eigenvalue weighted by Gasteiger charge is -2.37. The fourth-order valence-electron chi connectivity index (χ4n) is 3.58. The van der Waals surface area contributed by atoms with Crippen molar-refractivity contribution in [2.24, 2.45) is 0 Å². The van der Waals surface area contributed by atoms with Crippen LogP contribution in [0, 0.1) is 10.1 Å². The Hall–Kier alpha value is -2.22. The van der Waals surface area contributed by atoms with Gasteiger partial charge in [-0.15, -0.1) is 0 Å². The van der Waals surface area contributed by atoms with E-state index < -0.39 is 10.5 Å². The summed E-state index contributed by atoms with van der Waals surface area (Å²) in [4.78, 5) is 38.9. The predicted octanol–water partition coefficient (Wildman–Crippen LogP) is 0.843. The Labute approximate surface area is 139 Å². The molecule has 8 heteroatoms. The Morgan fingerprint density at radius 1 is 1.21 bits per heavy atom. The second-order valence-corrected chi connectivity index (χ2v) is 6.49. The van der Waals surface area contributed by atoms with Gasteiger partial charge in [-0.05, 0) is 38.8 Å². The molecule has 2 aliphatic heterocycles. The average molecular weight is 334 g/mol. The maximum Gasteiger partial charge on any atom is 0.285 e. The van der Waals surface area contributed by atoms with Crippen LogP contribution in [0.5, 0.6) is 0 Å². The van der Waals surface area contributed by atoms with Crippen LogP contribution in [0.3, 0.4) is 0 Å². The molecule has 0 spiro atoms. The van der Waals surface area contributed by atoms with E-state index in [0.717, 1.165) is 48.8 Å². The van der Waals surface area contributed by atoms with E-state index in [-0.39, 0.29) is 18.1 Å². The van der Waals surface area contributed by atoms with Crippen LogP contribution in [-0.4, -0.2) is 57.4 Å². The summed E-state index contributed by atoms with van der Waals surface area (Å²) in [7, 11) is 0. The molecule has 2 saturated heterocycles. The van der Waals surface area contributed by atoms with Crippen molar-refractivity contribution in [3.05, 3.63) is 38.8 Å². The summed E-state index contributed by atoms with van der Waals surface area (Å²) in [5.74, 6) is -0.151. The first-order chi connectivity index (χ1) is 11.5. The molecule has 2 fully saturated rings. The lowest BCUT2D eigenvalue weighted by atomic mass is 10.0. The van der Waals surface area contributed by atoms with Gasteiger partial charge in [0.2, 0.25) is 5.91 Å². The number of amides is 1. The van der Waals surface area contributed by atoms with Gasteiger partial charge in [-0.2, -0.15) is 0 Å². The lowest BCUT2D eigenvalue weighted by Crippen LogP contribution is -2.50. The van der Waals surface area contributed by atoms with E-state index in [0.29, 0.717) is 19.1 Å². The zero-order valence-electron chi connectivity index (χ0n) is 13.6. The molecule has 0 unspecified atom stereocenters. The van der Waals surface area contributed by atoms with E-state index in [2.05, 4.69) is 4.90 Å². The van der Waals surface area contributed by atoms with E-state index in [1.54, 1.807) is 4.90 Å². The normalized spacial score (nSPS) is 21.8. The molecule has 0 bridgehead atoms. The number of nitro groups is 1. The molecule has 1 amide bonds. The maximum absolute atomic E-state index is 12.5. The van der Waals surface area contributed by atoms with Crippen molar-refractivity contribution in [2.45, 2.75) is 38.3 Å². The third-order valence-corrected chi connectivity index (χ3v) is 4.89. The molecule has 3 heterocycles. The topological polar surface area (TPSA) is 88.7 Å². The number of likely N-dealkylation sites (tertiary alicyclic amines) is 2. The summed E-state index contributed by atoms with van der Waals surface area (Å²) in [6.07, 6.45) is 5.63. The number of nitrogens with zero attached hydrogens (tertiary/aromatic N) is 4. The summed E-state index contributed by atoms with van der Waals surface area (Å²) in [5.41, 5.74) is -0.585. The van der Waals surface area contributed by atoms with E-state index >= 15 is 0 Å². The molecule has 3 rings (SSSR count). The van der Waals surface area contributed by atoms with Crippen LogP contribution in [0.2, 0.25) is 0 Å². The quantitative estimate of drug-likeness (QED) is 0.601. The minimum absolute atomic E-state index is 0.146. The first-order valence-corrected chi connectivity index (χ1v) is 8.41. The van der Waals surface area contributed by atoms with Crippen LogP contribution in [0.25, 0.3) is 0 Å². The van der Waals surface area contributed by atoms with Crippen LogP contribution < -0.4 is 5.56 Å². The van der Waals surface area contributed by atoms with Crippen molar-refractivity contribution in [1.82, 2.24) is 14.4 Å². The van der Waals surface area contributed by atoms with Crippen LogP contribution in [0.15, 0.2) is 23.1 Å². The molecule has 2 aliphatic rings. The summed E-state index contributed by atoms with van der Waals surface area (Å²) in [6, 6.07) is 2.69. The number of hydrogen-bond acceptors (Lipinski definition) is 5. The minimum Gasteiger partial charge on any atom is -0.340 e. The van der Waals surface area contributed by atoms with Gasteiger partial charge in [-0.3, -0.25) is 29.2 Å². The van der Waals surface area contributed by atoms with E-state index in [9.17, 15) is 19.7 Å². The number of carbonyl (C=O) groups excluding carboxylic acids is 1. The molecule has 0 saturated carbocycles. The Bertz CT molecular complexity index is 681. The fourth-order valence-corrected chi connectivity index (χ4v) is 3.58. The molecule has 1 atom stereocenters. The van der Waals surface area contributed by atoms with Crippen molar-refractivity contribution >= 4 is 11.6 Å². The number of hydrogen-bond donors (Lipinski definition) is 0. The number of pyridine rings is 1. The summed E-state index contributed by atoms with van der Waals surface area (Å²) < 4.78 is 1.12. The van der Waals surface area contributed by atoms with Crippen LogP contribution in [-0.2, 0) is 11.3 Å². The highest BCUT2D eigenvalue weighted by Crippen LogP contribution is 2.20. The van der Waals surface area contributed by atoms with Gasteiger partial charge in [0, 0.05) is 31.3 Å². The number of aromatic nitrogens is 1. The predicted molar refractivity (Wildman–Crippen MR) is 87.8 cm³/mol. The number of carbonyl (C=O) groups is 1. The second kappa shape index (κ2) is 7.12. The molecule has 1 aromatic rings. The minimum atomic E-state index is -0.565. The summed E-state index contributed by atoms with van der Waals surface area (Å²) in [5, 5.41) is 10.8. The van der Waals surface area contributed by atoms with Crippen molar-refractivity contribution in [2.75, 3.05) is 26.2 Å². The van der Waals surface area contributed by atoms with E-state index in [4.69, 9.17) is 0 Å². The molecule has 0 aliphatic carbocycles. The van der Waals surface area contributed by atoms with Crippen LogP contribution in [0.1, 0.15) is 25.7 Å². The third-order valence-electron chi connectivity index (χ3n) is 4.89. The van der Waals surface area contributed by atoms with Gasteiger partial charge in [-0.1, -0.05) is 0 Å². The Balaban J connectivity index is 1.67. The molecule has 1 aromatic heterocycles. The largest absolute Gasteiger partial charge is 0.340 e. The van der Waals surface area contributed by atoms with Gasteiger partial charge in [0.25, 0.3) is 11.2 Å². The molecular formula is C16H22N4O4. The van der Waals surface area contributed by atoms with Crippen molar-refractivity contribution in [3.8, 4) is 0 Å². The van der Waals surface area contributed by atoms with Gasteiger partial charge in [0.1, 0.15) is 6.54 Å². The van der Waals surface area contributed by atoms with Crippen molar-refractivity contribution in [3.63, 3.8) is 0 Å². The van der Waals surface area contributed by atoms with E-state index in [1.807, 2.05) is 0 Å². The van der Waals surface area contributed by atoms with Crippen LogP contribution in [0.4, 0.5) is 5.69 Å². The van der Waals surface area contributed by atoms with Gasteiger partial charge < -0.3 is 4.90 Å². The Morgan fingerprint density at radius 2 is 1.96 bits per heavy atom. The van der Waals surface area contributed by atoms with E-state index in [1.165, 1.54) is 12.8 Å². The highest BCUT2D eigenvalue weighted by atomic mass is 16.6. The highest BCUT2D eigenvalue weighted by molar-refractivity contribution is 5.76. The fraction of sp³-hybridized carbons (Fsp3) is 0.625. The summed E-state index contributed by atoms with van der Waals surface area (Å²) >= 11 is 0. The van der Waals surface area contributed by atoms with Crippen LogP contribution >= 0.6 is 0 Å². The Morgan fingerprint density at radius 3 is 2.67 bits per heavy atom. The van der Waals surface area contributed by atoms with Gasteiger partial charge in [-0.25, -0.2) is 0 Å². The molecule has 8 nitrogen and oxygen atoms in total. The summed E-state index contributed by atoms with van der Waals surface area (Å²) in [6.45, 7) is 3.41. The van der Waals surface area contributed by atoms with Crippen molar-refractivity contribution < 1.29 is 9.72 Å². The van der Waals surface area contributed by atoms with Gasteiger partial charge >= 0.3 is 0 Å². The maximum atomic E-state index is 12.5. The van der Waals surface area contributed by atoms with Crippen molar-refractivity contribution in [1.29, 1.82) is 0 Å². The smallest absolute Gasteiger partial charge is 0.285 e. The standard InChI is InChI=1S/C16H22N4O4/c21-15-6-5-14(20(23)24)11-19(15)12-16(22)18-9-3-4-13(10-18)17-7-1-2-8-17/h5-6,11,13H,1-4,7-10,12H2/t13-/m0/s1. The SMILES string of the molecule is O=C(Cn1cc([N+](=O)[O-])ccc1=O)N1CCC[C@H](N2CCCC2)C1. The van der Waals surface area contributed by atoms with Gasteiger partial charge in [0.15, 0.2) is 0 Å². The number of piperidine rings is 1. The average Bonchev–Trinajstić information content (AvgIpc) is 3.11. The first kappa shape index (κ1) is 16.6. The zero-order chi connectivity index (χ0) is 17.1. The Kier molecular flexibility index (Phi) is 4.94. The monoisotopic (exact) mass is 334 g/mol. The molecule has 24 heavy (non-hydrogen) atoms. The molecule has 130 valence electrons. The number of rotatable bonds is 4. The second-order valence-electron chi connectivity index (χ2n) is 6.49. The zero-order valence-corrected chi connectivity index (χ0v) is 13.6. The molecule has 0 radical (unpaired) electrons. The highest BCUT2D eigenvalue weighted by Gasteiger charge is 2.29.